The first-order chi connectivity index (χ1) is 14.4. The van der Waals surface area contributed by atoms with E-state index < -0.39 is 0 Å². The molecule has 1 aromatic heterocycles. The average molecular weight is 444 g/mol. The zero-order valence-corrected chi connectivity index (χ0v) is 18.9. The van der Waals surface area contributed by atoms with Crippen LogP contribution in [0.2, 0.25) is 10.0 Å². The third-order valence-corrected chi connectivity index (χ3v) is 6.34. The van der Waals surface area contributed by atoms with Crippen LogP contribution in [-0.2, 0) is 6.54 Å². The van der Waals surface area contributed by atoms with Gasteiger partial charge in [-0.1, -0.05) is 41.4 Å². The number of hydrogen-bond donors (Lipinski definition) is 1. The lowest BCUT2D eigenvalue weighted by Crippen LogP contribution is -2.46. The summed E-state index contributed by atoms with van der Waals surface area (Å²) in [6.07, 6.45) is 1.96. The summed E-state index contributed by atoms with van der Waals surface area (Å²) in [5.74, 6) is -0.0256. The van der Waals surface area contributed by atoms with Crippen molar-refractivity contribution in [1.82, 2.24) is 14.8 Å². The number of benzene rings is 2. The van der Waals surface area contributed by atoms with Crippen LogP contribution in [0.25, 0.3) is 10.9 Å². The van der Waals surface area contributed by atoms with Gasteiger partial charge < -0.3 is 14.8 Å². The monoisotopic (exact) mass is 443 g/mol. The maximum absolute atomic E-state index is 13.2. The number of piperidine rings is 1. The number of rotatable bonds is 5. The van der Waals surface area contributed by atoms with E-state index in [0.29, 0.717) is 28.3 Å². The molecule has 3 aromatic rings. The molecule has 0 atom stereocenters. The Kier molecular flexibility index (Phi) is 6.37. The molecule has 4 nitrogen and oxygen atoms in total. The molecule has 1 amide bonds. The van der Waals surface area contributed by atoms with Gasteiger partial charge in [0.1, 0.15) is 5.69 Å². The second-order valence-electron chi connectivity index (χ2n) is 8.33. The Morgan fingerprint density at radius 2 is 1.73 bits per heavy atom. The molecule has 1 saturated heterocycles. The zero-order chi connectivity index (χ0) is 21.3. The Bertz CT molecular complexity index is 1030. The van der Waals surface area contributed by atoms with Gasteiger partial charge in [0.15, 0.2) is 0 Å². The zero-order valence-electron chi connectivity index (χ0n) is 17.4. The molecule has 4 rings (SSSR count). The molecule has 1 aliphatic rings. The minimum Gasteiger partial charge on any atom is -0.348 e. The Labute approximate surface area is 187 Å². The van der Waals surface area contributed by atoms with E-state index in [1.807, 2.05) is 42.5 Å². The van der Waals surface area contributed by atoms with Crippen LogP contribution in [0, 0.1) is 0 Å². The lowest BCUT2D eigenvalue weighted by atomic mass is 10.0. The predicted octanol–water partition coefficient (Wildman–Crippen LogP) is 5.60. The molecule has 1 fully saturated rings. The highest BCUT2D eigenvalue weighted by Gasteiger charge is 2.24. The fourth-order valence-electron chi connectivity index (χ4n) is 4.27. The van der Waals surface area contributed by atoms with Crippen LogP contribution in [0.15, 0.2) is 48.5 Å². The highest BCUT2D eigenvalue weighted by molar-refractivity contribution is 6.34. The van der Waals surface area contributed by atoms with Crippen molar-refractivity contribution in [2.24, 2.45) is 0 Å². The first-order valence-electron chi connectivity index (χ1n) is 10.5. The van der Waals surface area contributed by atoms with Crippen LogP contribution in [0.1, 0.15) is 42.7 Å². The molecule has 0 saturated carbocycles. The summed E-state index contributed by atoms with van der Waals surface area (Å²) in [7, 11) is 0. The molecular formula is C24H27Cl2N3O. The Balaban J connectivity index is 1.59. The Morgan fingerprint density at radius 3 is 2.40 bits per heavy atom. The number of likely N-dealkylation sites (tertiary alicyclic amines) is 1. The molecule has 158 valence electrons. The van der Waals surface area contributed by atoms with Gasteiger partial charge >= 0.3 is 0 Å². The normalized spacial score (nSPS) is 15.8. The molecular weight excluding hydrogens is 417 g/mol. The van der Waals surface area contributed by atoms with Crippen LogP contribution < -0.4 is 5.32 Å². The highest BCUT2D eigenvalue weighted by atomic mass is 35.5. The van der Waals surface area contributed by atoms with Crippen molar-refractivity contribution in [3.05, 3.63) is 69.8 Å². The second kappa shape index (κ2) is 9.01. The van der Waals surface area contributed by atoms with Crippen molar-refractivity contribution in [3.8, 4) is 0 Å². The van der Waals surface area contributed by atoms with E-state index in [4.69, 9.17) is 23.2 Å². The van der Waals surface area contributed by atoms with Crippen LogP contribution in [0.5, 0.6) is 0 Å². The molecule has 2 aromatic carbocycles. The quantitative estimate of drug-likeness (QED) is 0.556. The molecule has 0 aliphatic carbocycles. The topological polar surface area (TPSA) is 37.3 Å². The maximum atomic E-state index is 13.2. The van der Waals surface area contributed by atoms with E-state index >= 15 is 0 Å². The van der Waals surface area contributed by atoms with Crippen LogP contribution in [-0.4, -0.2) is 40.5 Å². The third-order valence-electron chi connectivity index (χ3n) is 5.90. The number of para-hydroxylation sites is 1. The molecule has 0 unspecified atom stereocenters. The number of nitrogens with zero attached hydrogens (tertiary/aromatic N) is 2. The number of hydrogen-bond acceptors (Lipinski definition) is 2. The number of carbonyl (C=O) groups excluding carboxylic acids is 1. The lowest BCUT2D eigenvalue weighted by Gasteiger charge is -2.34. The maximum Gasteiger partial charge on any atom is 0.268 e. The van der Waals surface area contributed by atoms with E-state index in [-0.39, 0.29) is 11.9 Å². The molecule has 30 heavy (non-hydrogen) atoms. The van der Waals surface area contributed by atoms with Gasteiger partial charge in [0.2, 0.25) is 0 Å². The Hall–Kier alpha value is -2.01. The first-order valence-corrected chi connectivity index (χ1v) is 11.2. The summed E-state index contributed by atoms with van der Waals surface area (Å²) in [5.41, 5.74) is 2.65. The third kappa shape index (κ3) is 4.66. The van der Waals surface area contributed by atoms with Gasteiger partial charge in [-0.15, -0.1) is 0 Å². The summed E-state index contributed by atoms with van der Waals surface area (Å²) < 4.78 is 2.05. The van der Waals surface area contributed by atoms with Crippen LogP contribution in [0.4, 0.5) is 0 Å². The number of nitrogens with one attached hydrogen (secondary N) is 1. The Morgan fingerprint density at radius 1 is 1.07 bits per heavy atom. The van der Waals surface area contributed by atoms with Gasteiger partial charge in [-0.05, 0) is 62.6 Å². The van der Waals surface area contributed by atoms with Crippen molar-refractivity contribution in [1.29, 1.82) is 0 Å². The molecule has 6 heteroatoms. The minimum atomic E-state index is -0.0256. The van der Waals surface area contributed by atoms with E-state index in [1.54, 1.807) is 6.07 Å². The van der Waals surface area contributed by atoms with Gasteiger partial charge in [0.25, 0.3) is 5.91 Å². The summed E-state index contributed by atoms with van der Waals surface area (Å²) in [5, 5.41) is 5.50. The average Bonchev–Trinajstić information content (AvgIpc) is 3.06. The molecule has 1 N–H and O–H groups in total. The summed E-state index contributed by atoms with van der Waals surface area (Å²) in [6, 6.07) is 16.3. The van der Waals surface area contributed by atoms with Crippen molar-refractivity contribution in [2.75, 3.05) is 13.1 Å². The van der Waals surface area contributed by atoms with Crippen molar-refractivity contribution in [2.45, 2.75) is 45.3 Å². The SMILES string of the molecule is CC(C)N1CCC(NC(=O)c2cc3ccccc3n2Cc2cc(Cl)cc(Cl)c2)CC1. The predicted molar refractivity (Wildman–Crippen MR) is 125 cm³/mol. The van der Waals surface area contributed by atoms with Gasteiger partial charge in [-0.3, -0.25) is 4.79 Å². The van der Waals surface area contributed by atoms with Gasteiger partial charge in [-0.2, -0.15) is 0 Å². The highest BCUT2D eigenvalue weighted by Crippen LogP contribution is 2.25. The van der Waals surface area contributed by atoms with Gasteiger partial charge in [0.05, 0.1) is 0 Å². The number of amides is 1. The van der Waals surface area contributed by atoms with E-state index in [0.717, 1.165) is 42.4 Å². The standard InChI is InChI=1S/C24H27Cl2N3O/c1-16(2)28-9-7-21(8-10-28)27-24(30)23-13-18-5-3-4-6-22(18)29(23)15-17-11-19(25)14-20(26)12-17/h3-6,11-14,16,21H,7-10,15H2,1-2H3,(H,27,30). The van der Waals surface area contributed by atoms with Crippen molar-refractivity contribution >= 4 is 40.0 Å². The second-order valence-corrected chi connectivity index (χ2v) is 9.20. The lowest BCUT2D eigenvalue weighted by molar-refractivity contribution is 0.0892. The van der Waals surface area contributed by atoms with Gasteiger partial charge in [-0.25, -0.2) is 0 Å². The largest absolute Gasteiger partial charge is 0.348 e. The van der Waals surface area contributed by atoms with Crippen LogP contribution >= 0.6 is 23.2 Å². The van der Waals surface area contributed by atoms with Crippen LogP contribution in [0.3, 0.4) is 0 Å². The first kappa shape index (κ1) is 21.2. The summed E-state index contributed by atoms with van der Waals surface area (Å²) in [4.78, 5) is 15.7. The van der Waals surface area contributed by atoms with Crippen molar-refractivity contribution in [3.63, 3.8) is 0 Å². The molecule has 0 bridgehead atoms. The number of fused-ring (bicyclic) bond motifs is 1. The number of carbonyl (C=O) groups is 1. The number of halogens is 2. The van der Waals surface area contributed by atoms with Crippen molar-refractivity contribution < 1.29 is 4.79 Å². The molecule has 2 heterocycles. The van der Waals surface area contributed by atoms with E-state index in [1.165, 1.54) is 0 Å². The summed E-state index contributed by atoms with van der Waals surface area (Å²) in [6.45, 7) is 7.01. The molecule has 1 aliphatic heterocycles. The fourth-order valence-corrected chi connectivity index (χ4v) is 4.84. The minimum absolute atomic E-state index is 0.0256. The molecule has 0 spiro atoms. The number of aromatic nitrogens is 1. The smallest absolute Gasteiger partial charge is 0.268 e. The van der Waals surface area contributed by atoms with E-state index in [2.05, 4.69) is 28.6 Å². The van der Waals surface area contributed by atoms with Gasteiger partial charge in [0, 0.05) is 52.7 Å². The summed E-state index contributed by atoms with van der Waals surface area (Å²) >= 11 is 12.4. The fraction of sp³-hybridized carbons (Fsp3) is 0.375. The molecule has 0 radical (unpaired) electrons. The van der Waals surface area contributed by atoms with E-state index in [9.17, 15) is 4.79 Å².